The van der Waals surface area contributed by atoms with Crippen LogP contribution in [0.2, 0.25) is 0 Å². The van der Waals surface area contributed by atoms with Gasteiger partial charge in [0, 0.05) is 12.5 Å². The van der Waals surface area contributed by atoms with E-state index in [9.17, 15) is 9.59 Å². The van der Waals surface area contributed by atoms with Gasteiger partial charge in [-0.2, -0.15) is 5.26 Å². The normalized spacial score (nSPS) is 10.3. The summed E-state index contributed by atoms with van der Waals surface area (Å²) < 4.78 is 16.2. The highest BCUT2D eigenvalue weighted by Crippen LogP contribution is 2.30. The third kappa shape index (κ3) is 6.80. The van der Waals surface area contributed by atoms with Crippen molar-refractivity contribution in [3.8, 4) is 17.6 Å². The highest BCUT2D eigenvalue weighted by atomic mass is 32.1. The molecule has 0 saturated carbocycles. The van der Waals surface area contributed by atoms with Crippen LogP contribution >= 0.6 is 11.3 Å². The molecule has 2 aromatic carbocycles. The topological polar surface area (TPSA) is 102 Å². The van der Waals surface area contributed by atoms with Crippen molar-refractivity contribution in [3.63, 3.8) is 0 Å². The van der Waals surface area contributed by atoms with Gasteiger partial charge in [-0.25, -0.2) is 9.78 Å². The fourth-order valence-corrected chi connectivity index (χ4v) is 4.29. The summed E-state index contributed by atoms with van der Waals surface area (Å²) in [5.74, 6) is 0.402. The number of methoxy groups -OCH3 is 1. The Morgan fingerprint density at radius 1 is 1.14 bits per heavy atom. The first-order valence-corrected chi connectivity index (χ1v) is 12.0. The van der Waals surface area contributed by atoms with Gasteiger partial charge in [0.15, 0.2) is 16.6 Å². The number of anilines is 1. The lowest BCUT2D eigenvalue weighted by atomic mass is 10.2. The Morgan fingerprint density at radius 2 is 1.91 bits per heavy atom. The van der Waals surface area contributed by atoms with Crippen LogP contribution in [0.15, 0.2) is 48.5 Å². The fourth-order valence-electron chi connectivity index (χ4n) is 3.31. The second-order valence-electron chi connectivity index (χ2n) is 7.53. The molecule has 0 N–H and O–H groups in total. The number of nitrogens with zero attached hydrogens (tertiary/aromatic N) is 3. The van der Waals surface area contributed by atoms with Crippen LogP contribution in [0.3, 0.4) is 0 Å². The maximum Gasteiger partial charge on any atom is 0.350 e. The minimum absolute atomic E-state index is 0.131. The van der Waals surface area contributed by atoms with E-state index in [1.807, 2.05) is 30.3 Å². The van der Waals surface area contributed by atoms with Gasteiger partial charge < -0.3 is 14.2 Å². The molecular formula is C26H27N3O5S. The number of carbonyl (C=O) groups excluding carboxylic acids is 2. The molecule has 1 heterocycles. The number of carbonyl (C=O) groups is 2. The lowest BCUT2D eigenvalue weighted by Gasteiger charge is -2.20. The van der Waals surface area contributed by atoms with Crippen LogP contribution in [-0.4, -0.2) is 37.2 Å². The number of rotatable bonds is 11. The number of hydrogen-bond donors (Lipinski definition) is 0. The number of aromatic nitrogens is 1. The number of ether oxygens (including phenoxy) is 3. The molecule has 1 amide bonds. The highest BCUT2D eigenvalue weighted by molar-refractivity contribution is 7.17. The first kappa shape index (κ1) is 25.7. The Bertz CT molecular complexity index is 1200. The van der Waals surface area contributed by atoms with E-state index in [0.717, 1.165) is 16.9 Å². The van der Waals surface area contributed by atoms with E-state index < -0.39 is 5.97 Å². The van der Waals surface area contributed by atoms with Crippen molar-refractivity contribution in [2.24, 2.45) is 0 Å². The van der Waals surface area contributed by atoms with E-state index in [2.05, 4.69) is 11.1 Å². The second-order valence-corrected chi connectivity index (χ2v) is 8.50. The number of esters is 1. The van der Waals surface area contributed by atoms with Gasteiger partial charge in [0.25, 0.3) is 0 Å². The lowest BCUT2D eigenvalue weighted by molar-refractivity contribution is -0.119. The van der Waals surface area contributed by atoms with Crippen LogP contribution < -0.4 is 14.4 Å². The van der Waals surface area contributed by atoms with Gasteiger partial charge in [-0.3, -0.25) is 9.69 Å². The molecule has 3 rings (SSSR count). The Morgan fingerprint density at radius 3 is 2.60 bits per heavy atom. The van der Waals surface area contributed by atoms with Gasteiger partial charge in [0.05, 0.1) is 44.2 Å². The number of amides is 1. The zero-order valence-electron chi connectivity index (χ0n) is 19.9. The molecule has 3 aromatic rings. The maximum absolute atomic E-state index is 13.2. The van der Waals surface area contributed by atoms with Crippen LogP contribution in [0.25, 0.3) is 0 Å². The number of benzene rings is 2. The molecule has 0 fully saturated rings. The summed E-state index contributed by atoms with van der Waals surface area (Å²) in [6, 6.07) is 16.6. The monoisotopic (exact) mass is 493 g/mol. The third-order valence-corrected chi connectivity index (χ3v) is 6.21. The number of nitriles is 1. The third-order valence-electron chi connectivity index (χ3n) is 5.05. The largest absolute Gasteiger partial charge is 0.493 e. The number of aryl methyl sites for hydroxylation is 1. The standard InChI is InChI=1S/C26H27N3O5S/c1-4-33-25(31)24-18(2)28-26(35-24)29(17-19-9-6-5-7-10-19)23(30)11-8-14-34-21-13-12-20(16-27)15-22(21)32-3/h5-7,9-10,12-13,15H,4,8,11,14,17H2,1-3H3. The van der Waals surface area contributed by atoms with Gasteiger partial charge in [-0.1, -0.05) is 41.7 Å². The summed E-state index contributed by atoms with van der Waals surface area (Å²) in [5.41, 5.74) is 1.96. The zero-order valence-corrected chi connectivity index (χ0v) is 20.8. The van der Waals surface area contributed by atoms with E-state index in [1.54, 1.807) is 36.9 Å². The van der Waals surface area contributed by atoms with Crippen LogP contribution in [0.1, 0.15) is 46.3 Å². The number of thiazole rings is 1. The van der Waals surface area contributed by atoms with Gasteiger partial charge in [-0.15, -0.1) is 0 Å². The average molecular weight is 494 g/mol. The molecule has 8 nitrogen and oxygen atoms in total. The summed E-state index contributed by atoms with van der Waals surface area (Å²) in [7, 11) is 1.51. The van der Waals surface area contributed by atoms with E-state index in [0.29, 0.717) is 45.7 Å². The molecule has 1 aromatic heterocycles. The van der Waals surface area contributed by atoms with Crippen LogP contribution in [0.4, 0.5) is 5.13 Å². The van der Waals surface area contributed by atoms with Crippen molar-refractivity contribution in [1.29, 1.82) is 5.26 Å². The van der Waals surface area contributed by atoms with Gasteiger partial charge >= 0.3 is 5.97 Å². The van der Waals surface area contributed by atoms with Crippen molar-refractivity contribution in [1.82, 2.24) is 4.98 Å². The Kier molecular flexibility index (Phi) is 9.21. The van der Waals surface area contributed by atoms with Gasteiger partial charge in [0.1, 0.15) is 4.88 Å². The molecule has 182 valence electrons. The minimum Gasteiger partial charge on any atom is -0.493 e. The van der Waals surface area contributed by atoms with E-state index in [1.165, 1.54) is 7.11 Å². The molecule has 0 saturated heterocycles. The molecular weight excluding hydrogens is 466 g/mol. The molecule has 0 aliphatic rings. The quantitative estimate of drug-likeness (QED) is 0.276. The summed E-state index contributed by atoms with van der Waals surface area (Å²) in [4.78, 5) is 32.0. The van der Waals surface area contributed by atoms with E-state index in [4.69, 9.17) is 19.5 Å². The van der Waals surface area contributed by atoms with Crippen molar-refractivity contribution in [2.75, 3.05) is 25.2 Å². The molecule has 0 atom stereocenters. The van der Waals surface area contributed by atoms with E-state index >= 15 is 0 Å². The molecule has 35 heavy (non-hydrogen) atoms. The smallest absolute Gasteiger partial charge is 0.350 e. The molecule has 0 bridgehead atoms. The van der Waals surface area contributed by atoms with Gasteiger partial charge in [0.2, 0.25) is 5.91 Å². The van der Waals surface area contributed by atoms with Crippen molar-refractivity contribution < 1.29 is 23.8 Å². The molecule has 0 aliphatic heterocycles. The Balaban J connectivity index is 1.70. The van der Waals surface area contributed by atoms with E-state index in [-0.39, 0.29) is 25.5 Å². The molecule has 0 radical (unpaired) electrons. The summed E-state index contributed by atoms with van der Waals surface area (Å²) in [6.07, 6.45) is 0.682. The second kappa shape index (κ2) is 12.5. The predicted molar refractivity (Wildman–Crippen MR) is 133 cm³/mol. The molecule has 0 spiro atoms. The van der Waals surface area contributed by atoms with Gasteiger partial charge in [-0.05, 0) is 38.0 Å². The van der Waals surface area contributed by atoms with Crippen LogP contribution in [0, 0.1) is 18.3 Å². The Labute approximate surface area is 208 Å². The van der Waals surface area contributed by atoms with Crippen molar-refractivity contribution >= 4 is 28.3 Å². The highest BCUT2D eigenvalue weighted by Gasteiger charge is 2.24. The summed E-state index contributed by atoms with van der Waals surface area (Å²) >= 11 is 1.15. The number of hydrogen-bond acceptors (Lipinski definition) is 8. The first-order valence-electron chi connectivity index (χ1n) is 11.2. The summed E-state index contributed by atoms with van der Waals surface area (Å²) in [5, 5.41) is 9.49. The molecule has 9 heteroatoms. The predicted octanol–water partition coefficient (Wildman–Crippen LogP) is 4.90. The van der Waals surface area contributed by atoms with Crippen molar-refractivity contribution in [3.05, 3.63) is 70.2 Å². The zero-order chi connectivity index (χ0) is 25.2. The SMILES string of the molecule is CCOC(=O)c1sc(N(Cc2ccccc2)C(=O)CCCOc2ccc(C#N)cc2OC)nc1C. The maximum atomic E-state index is 13.2. The molecule has 0 aliphatic carbocycles. The van der Waals surface area contributed by atoms with Crippen LogP contribution in [-0.2, 0) is 16.1 Å². The first-order chi connectivity index (χ1) is 17.0. The fraction of sp³-hybridized carbons (Fsp3) is 0.308. The summed E-state index contributed by atoms with van der Waals surface area (Å²) in [6.45, 7) is 4.37. The van der Waals surface area contributed by atoms with Crippen molar-refractivity contribution in [2.45, 2.75) is 33.2 Å². The molecule has 0 unspecified atom stereocenters. The van der Waals surface area contributed by atoms with Crippen LogP contribution in [0.5, 0.6) is 11.5 Å². The lowest BCUT2D eigenvalue weighted by Crippen LogP contribution is -2.30. The average Bonchev–Trinajstić information content (AvgIpc) is 3.27. The Hall–Kier alpha value is -3.90. The minimum atomic E-state index is -0.439.